The van der Waals surface area contributed by atoms with Crippen LogP contribution in [0.15, 0.2) is 0 Å². The fourth-order valence-corrected chi connectivity index (χ4v) is 3.75. The summed E-state index contributed by atoms with van der Waals surface area (Å²) in [5, 5.41) is 8.70. The first-order chi connectivity index (χ1) is 11.0. The Morgan fingerprint density at radius 3 is 2.26 bits per heavy atom. The molecule has 1 aliphatic heterocycles. The third-order valence-corrected chi connectivity index (χ3v) is 5.08. The van der Waals surface area contributed by atoms with Crippen molar-refractivity contribution in [2.75, 3.05) is 26.7 Å². The molecule has 1 heterocycles. The average molecular weight is 324 g/mol. The number of carboxylic acid groups (broad SMARTS) is 1. The highest BCUT2D eigenvalue weighted by molar-refractivity contribution is 5.88. The summed E-state index contributed by atoms with van der Waals surface area (Å²) >= 11 is 0. The molecule has 2 fully saturated rings. The molecule has 1 aliphatic carbocycles. The molecule has 23 heavy (non-hydrogen) atoms. The van der Waals surface area contributed by atoms with Gasteiger partial charge in [0, 0.05) is 44.9 Å². The van der Waals surface area contributed by atoms with Crippen LogP contribution < -0.4 is 0 Å². The summed E-state index contributed by atoms with van der Waals surface area (Å²) in [4.78, 5) is 39.5. The van der Waals surface area contributed by atoms with Gasteiger partial charge in [-0.05, 0) is 32.1 Å². The quantitative estimate of drug-likeness (QED) is 0.807. The highest BCUT2D eigenvalue weighted by Gasteiger charge is 2.39. The monoisotopic (exact) mass is 324 g/mol. The number of carbonyl (C=O) groups is 3. The van der Waals surface area contributed by atoms with Crippen molar-refractivity contribution in [1.82, 2.24) is 9.80 Å². The van der Waals surface area contributed by atoms with Crippen molar-refractivity contribution in [2.24, 2.45) is 11.8 Å². The number of hydrogen-bond acceptors (Lipinski definition) is 3. The molecule has 0 aromatic rings. The number of amides is 2. The van der Waals surface area contributed by atoms with Gasteiger partial charge in [0.15, 0.2) is 0 Å². The zero-order valence-corrected chi connectivity index (χ0v) is 14.0. The van der Waals surface area contributed by atoms with E-state index in [4.69, 9.17) is 5.11 Å². The lowest BCUT2D eigenvalue weighted by Crippen LogP contribution is -2.45. The number of carbonyl (C=O) groups excluding carboxylic acids is 2. The lowest BCUT2D eigenvalue weighted by Gasteiger charge is -2.34. The summed E-state index contributed by atoms with van der Waals surface area (Å²) < 4.78 is 0. The van der Waals surface area contributed by atoms with E-state index in [1.807, 2.05) is 4.90 Å². The number of rotatable bonds is 6. The van der Waals surface area contributed by atoms with E-state index < -0.39 is 5.97 Å². The molecule has 0 bridgehead atoms. The van der Waals surface area contributed by atoms with Crippen molar-refractivity contribution in [1.29, 1.82) is 0 Å². The predicted octanol–water partition coefficient (Wildman–Crippen LogP) is 1.74. The lowest BCUT2D eigenvalue weighted by molar-refractivity contribution is -0.147. The van der Waals surface area contributed by atoms with Gasteiger partial charge in [0.2, 0.25) is 11.8 Å². The molecule has 2 unspecified atom stereocenters. The van der Waals surface area contributed by atoms with Crippen LogP contribution in [-0.2, 0) is 14.4 Å². The Balaban J connectivity index is 1.94. The second-order valence-corrected chi connectivity index (χ2v) is 6.79. The van der Waals surface area contributed by atoms with Crippen molar-refractivity contribution >= 4 is 17.8 Å². The molecular weight excluding hydrogens is 296 g/mol. The van der Waals surface area contributed by atoms with E-state index in [0.29, 0.717) is 13.0 Å². The van der Waals surface area contributed by atoms with Gasteiger partial charge in [-0.1, -0.05) is 12.8 Å². The maximum Gasteiger partial charge on any atom is 0.303 e. The van der Waals surface area contributed by atoms with Gasteiger partial charge < -0.3 is 14.9 Å². The number of aliphatic carboxylic acids is 1. The summed E-state index contributed by atoms with van der Waals surface area (Å²) in [6.45, 7) is 2.08. The second kappa shape index (κ2) is 8.31. The molecule has 2 aliphatic rings. The summed E-state index contributed by atoms with van der Waals surface area (Å²) in [6, 6.07) is 0. The van der Waals surface area contributed by atoms with Gasteiger partial charge in [0.05, 0.1) is 0 Å². The number of hydrogen-bond donors (Lipinski definition) is 1. The molecule has 0 aromatic heterocycles. The summed E-state index contributed by atoms with van der Waals surface area (Å²) in [5.74, 6) is -1.10. The zero-order chi connectivity index (χ0) is 16.8. The minimum Gasteiger partial charge on any atom is -0.481 e. The van der Waals surface area contributed by atoms with E-state index in [1.165, 1.54) is 0 Å². The van der Waals surface area contributed by atoms with E-state index >= 15 is 0 Å². The minimum absolute atomic E-state index is 0.00707. The van der Waals surface area contributed by atoms with Crippen LogP contribution >= 0.6 is 0 Å². The first kappa shape index (κ1) is 17.8. The van der Waals surface area contributed by atoms with E-state index in [1.54, 1.807) is 11.9 Å². The van der Waals surface area contributed by atoms with Crippen LogP contribution in [0.5, 0.6) is 0 Å². The number of likely N-dealkylation sites (tertiary alicyclic amines) is 1. The summed E-state index contributed by atoms with van der Waals surface area (Å²) in [5.41, 5.74) is 0. The molecule has 1 N–H and O–H groups in total. The Morgan fingerprint density at radius 2 is 1.65 bits per heavy atom. The van der Waals surface area contributed by atoms with Gasteiger partial charge in [-0.15, -0.1) is 0 Å². The minimum atomic E-state index is -0.842. The number of nitrogens with zero attached hydrogens (tertiary/aromatic N) is 2. The zero-order valence-electron chi connectivity index (χ0n) is 14.0. The predicted molar refractivity (Wildman–Crippen MR) is 85.8 cm³/mol. The maximum absolute atomic E-state index is 12.7. The molecule has 0 radical (unpaired) electrons. The highest BCUT2D eigenvalue weighted by atomic mass is 16.4. The first-order valence-electron chi connectivity index (χ1n) is 8.76. The van der Waals surface area contributed by atoms with Crippen molar-refractivity contribution in [2.45, 2.75) is 51.4 Å². The van der Waals surface area contributed by atoms with Gasteiger partial charge in [-0.25, -0.2) is 0 Å². The lowest BCUT2D eigenvalue weighted by atomic mass is 9.77. The molecule has 130 valence electrons. The van der Waals surface area contributed by atoms with Crippen LogP contribution in [0.1, 0.15) is 51.4 Å². The maximum atomic E-state index is 12.7. The van der Waals surface area contributed by atoms with Crippen LogP contribution in [0.25, 0.3) is 0 Å². The highest BCUT2D eigenvalue weighted by Crippen LogP contribution is 2.33. The van der Waals surface area contributed by atoms with Crippen LogP contribution in [0, 0.1) is 11.8 Å². The van der Waals surface area contributed by atoms with Gasteiger partial charge in [0.25, 0.3) is 0 Å². The third-order valence-electron chi connectivity index (χ3n) is 5.08. The largest absolute Gasteiger partial charge is 0.481 e. The SMILES string of the molecule is CN(CCCC(=O)O)C(=O)C1CCCCC1C(=O)N1CCCC1. The third kappa shape index (κ3) is 4.69. The van der Waals surface area contributed by atoms with Crippen molar-refractivity contribution < 1.29 is 19.5 Å². The van der Waals surface area contributed by atoms with Crippen LogP contribution in [0.3, 0.4) is 0 Å². The Kier molecular flexibility index (Phi) is 6.42. The fourth-order valence-electron chi connectivity index (χ4n) is 3.75. The Labute approximate surface area is 137 Å². The average Bonchev–Trinajstić information content (AvgIpc) is 3.07. The Morgan fingerprint density at radius 1 is 1.04 bits per heavy atom. The van der Waals surface area contributed by atoms with E-state index in [2.05, 4.69) is 0 Å². The van der Waals surface area contributed by atoms with Crippen molar-refractivity contribution in [3.63, 3.8) is 0 Å². The van der Waals surface area contributed by atoms with Crippen molar-refractivity contribution in [3.05, 3.63) is 0 Å². The van der Waals surface area contributed by atoms with Gasteiger partial charge in [-0.3, -0.25) is 14.4 Å². The van der Waals surface area contributed by atoms with Gasteiger partial charge in [-0.2, -0.15) is 0 Å². The molecule has 0 aromatic carbocycles. The summed E-state index contributed by atoms with van der Waals surface area (Å²) in [6.07, 6.45) is 6.22. The smallest absolute Gasteiger partial charge is 0.303 e. The summed E-state index contributed by atoms with van der Waals surface area (Å²) in [7, 11) is 1.72. The number of carboxylic acids is 1. The molecular formula is C17H28N2O4. The topological polar surface area (TPSA) is 77.9 Å². The molecule has 6 nitrogen and oxygen atoms in total. The standard InChI is InChI=1S/C17H28N2O4/c1-18(10-6-9-15(20)21)16(22)13-7-2-3-8-14(13)17(23)19-11-4-5-12-19/h13-14H,2-12H2,1H3,(H,20,21). The van der Waals surface area contributed by atoms with Gasteiger partial charge >= 0.3 is 5.97 Å². The molecule has 1 saturated carbocycles. The Hall–Kier alpha value is -1.59. The van der Waals surface area contributed by atoms with Gasteiger partial charge in [0.1, 0.15) is 0 Å². The van der Waals surface area contributed by atoms with E-state index in [9.17, 15) is 14.4 Å². The molecule has 6 heteroatoms. The van der Waals surface area contributed by atoms with E-state index in [0.717, 1.165) is 51.6 Å². The van der Waals surface area contributed by atoms with Crippen molar-refractivity contribution in [3.8, 4) is 0 Å². The van der Waals surface area contributed by atoms with Crippen LogP contribution in [0.4, 0.5) is 0 Å². The van der Waals surface area contributed by atoms with Crippen LogP contribution in [0.2, 0.25) is 0 Å². The molecule has 0 spiro atoms. The normalized spacial score (nSPS) is 24.5. The second-order valence-electron chi connectivity index (χ2n) is 6.79. The molecule has 1 saturated heterocycles. The molecule has 2 atom stereocenters. The molecule has 2 rings (SSSR count). The molecule has 2 amide bonds. The Bertz CT molecular complexity index is 446. The first-order valence-corrected chi connectivity index (χ1v) is 8.76. The fraction of sp³-hybridized carbons (Fsp3) is 0.824. The van der Waals surface area contributed by atoms with E-state index in [-0.39, 0.29) is 30.1 Å². The van der Waals surface area contributed by atoms with Crippen LogP contribution in [-0.4, -0.2) is 59.4 Å².